The maximum atomic E-state index is 12.4. The smallest absolute Gasteiger partial charge is 0.224 e. The average molecular weight is 353 g/mol. The second kappa shape index (κ2) is 8.72. The lowest BCUT2D eigenvalue weighted by Crippen LogP contribution is -2.37. The van der Waals surface area contributed by atoms with Crippen LogP contribution in [-0.2, 0) is 11.2 Å². The molecule has 1 unspecified atom stereocenters. The molecule has 1 aliphatic heterocycles. The number of methoxy groups -OCH3 is 1. The van der Waals surface area contributed by atoms with Crippen LogP contribution in [0.25, 0.3) is 0 Å². The van der Waals surface area contributed by atoms with Crippen LogP contribution in [0.3, 0.4) is 0 Å². The summed E-state index contributed by atoms with van der Waals surface area (Å²) in [5.74, 6) is 0.894. The molecule has 0 saturated carbocycles. The van der Waals surface area contributed by atoms with E-state index in [1.165, 1.54) is 12.8 Å². The highest BCUT2D eigenvalue weighted by molar-refractivity contribution is 5.78. The monoisotopic (exact) mass is 353 g/mol. The van der Waals surface area contributed by atoms with Crippen molar-refractivity contribution in [1.82, 2.24) is 10.2 Å². The summed E-state index contributed by atoms with van der Waals surface area (Å²) in [5.41, 5.74) is 8.50. The zero-order chi connectivity index (χ0) is 18.4. The number of nitrogens with zero attached hydrogens (tertiary/aromatic N) is 1. The van der Waals surface area contributed by atoms with Crippen LogP contribution in [0.4, 0.5) is 5.69 Å². The Hall–Kier alpha value is -2.53. The van der Waals surface area contributed by atoms with Crippen molar-refractivity contribution in [3.63, 3.8) is 0 Å². The molecule has 3 rings (SSSR count). The van der Waals surface area contributed by atoms with Gasteiger partial charge in [-0.1, -0.05) is 30.3 Å². The Morgan fingerprint density at radius 3 is 2.54 bits per heavy atom. The van der Waals surface area contributed by atoms with E-state index < -0.39 is 0 Å². The molecule has 2 aromatic carbocycles. The standard InChI is InChI=1S/C21H27N3O2/c1-26-20-7-3-2-6-18(20)19(24-12-4-5-13-24)15-23-21(25)14-16-8-10-17(22)11-9-16/h2-3,6-11,19H,4-5,12-15,22H2,1H3,(H,23,25). The number of carbonyl (C=O) groups is 1. The van der Waals surface area contributed by atoms with E-state index in [4.69, 9.17) is 10.5 Å². The van der Waals surface area contributed by atoms with Crippen LogP contribution in [0, 0.1) is 0 Å². The molecule has 1 atom stereocenters. The van der Waals surface area contributed by atoms with E-state index in [-0.39, 0.29) is 11.9 Å². The normalized spacial score (nSPS) is 15.6. The lowest BCUT2D eigenvalue weighted by molar-refractivity contribution is -0.120. The number of nitrogen functional groups attached to an aromatic ring is 1. The van der Waals surface area contributed by atoms with E-state index in [1.807, 2.05) is 42.5 Å². The molecular weight excluding hydrogens is 326 g/mol. The molecular formula is C21H27N3O2. The quantitative estimate of drug-likeness (QED) is 0.751. The van der Waals surface area contributed by atoms with Crippen molar-refractivity contribution in [3.05, 3.63) is 59.7 Å². The van der Waals surface area contributed by atoms with Crippen LogP contribution in [0.15, 0.2) is 48.5 Å². The maximum absolute atomic E-state index is 12.4. The van der Waals surface area contributed by atoms with Gasteiger partial charge in [0, 0.05) is 17.8 Å². The molecule has 5 nitrogen and oxygen atoms in total. The summed E-state index contributed by atoms with van der Waals surface area (Å²) in [4.78, 5) is 14.8. The third kappa shape index (κ3) is 4.55. The number of para-hydroxylation sites is 1. The molecule has 1 amide bonds. The van der Waals surface area contributed by atoms with E-state index in [0.29, 0.717) is 18.7 Å². The molecule has 1 fully saturated rings. The summed E-state index contributed by atoms with van der Waals surface area (Å²) in [6.07, 6.45) is 2.76. The number of hydrogen-bond acceptors (Lipinski definition) is 4. The lowest BCUT2D eigenvalue weighted by atomic mass is 10.0. The van der Waals surface area contributed by atoms with Crippen molar-refractivity contribution < 1.29 is 9.53 Å². The summed E-state index contributed by atoms with van der Waals surface area (Å²) >= 11 is 0. The second-order valence-corrected chi connectivity index (χ2v) is 6.72. The van der Waals surface area contributed by atoms with Crippen LogP contribution in [0.2, 0.25) is 0 Å². The molecule has 0 radical (unpaired) electrons. The van der Waals surface area contributed by atoms with Crippen LogP contribution in [0.1, 0.15) is 30.0 Å². The summed E-state index contributed by atoms with van der Waals surface area (Å²) in [6, 6.07) is 15.6. The summed E-state index contributed by atoms with van der Waals surface area (Å²) in [5, 5.41) is 3.11. The van der Waals surface area contributed by atoms with Crippen molar-refractivity contribution in [1.29, 1.82) is 0 Å². The van der Waals surface area contributed by atoms with Crippen molar-refractivity contribution in [3.8, 4) is 5.75 Å². The van der Waals surface area contributed by atoms with Gasteiger partial charge in [-0.05, 0) is 49.7 Å². The molecule has 5 heteroatoms. The van der Waals surface area contributed by atoms with E-state index in [0.717, 1.165) is 30.0 Å². The summed E-state index contributed by atoms with van der Waals surface area (Å²) in [6.45, 7) is 2.68. The number of likely N-dealkylation sites (tertiary alicyclic amines) is 1. The molecule has 1 saturated heterocycles. The molecule has 26 heavy (non-hydrogen) atoms. The first-order valence-corrected chi connectivity index (χ1v) is 9.15. The van der Waals surface area contributed by atoms with Crippen molar-refractivity contribution in [2.75, 3.05) is 32.5 Å². The number of nitrogens with one attached hydrogen (secondary N) is 1. The fourth-order valence-electron chi connectivity index (χ4n) is 3.52. The molecule has 2 aromatic rings. The number of nitrogens with two attached hydrogens (primary N) is 1. The Balaban J connectivity index is 1.67. The molecule has 0 aliphatic carbocycles. The van der Waals surface area contributed by atoms with Gasteiger partial charge in [-0.2, -0.15) is 0 Å². The van der Waals surface area contributed by atoms with Gasteiger partial charge in [-0.25, -0.2) is 0 Å². The molecule has 0 aromatic heterocycles. The predicted octanol–water partition coefficient (Wildman–Crippen LogP) is 2.77. The van der Waals surface area contributed by atoms with E-state index in [2.05, 4.69) is 16.3 Å². The van der Waals surface area contributed by atoms with Gasteiger partial charge < -0.3 is 15.8 Å². The highest BCUT2D eigenvalue weighted by Gasteiger charge is 2.26. The Kier molecular flexibility index (Phi) is 6.12. The van der Waals surface area contributed by atoms with Crippen molar-refractivity contribution in [2.45, 2.75) is 25.3 Å². The first-order chi connectivity index (χ1) is 12.7. The predicted molar refractivity (Wildman–Crippen MR) is 104 cm³/mol. The lowest BCUT2D eigenvalue weighted by Gasteiger charge is -2.29. The van der Waals surface area contributed by atoms with Crippen LogP contribution in [-0.4, -0.2) is 37.6 Å². The minimum Gasteiger partial charge on any atom is -0.496 e. The largest absolute Gasteiger partial charge is 0.496 e. The minimum absolute atomic E-state index is 0.0221. The number of hydrogen-bond donors (Lipinski definition) is 2. The van der Waals surface area contributed by atoms with E-state index in [1.54, 1.807) is 7.11 Å². The Morgan fingerprint density at radius 1 is 1.15 bits per heavy atom. The summed E-state index contributed by atoms with van der Waals surface area (Å²) in [7, 11) is 1.69. The van der Waals surface area contributed by atoms with Crippen molar-refractivity contribution >= 4 is 11.6 Å². The zero-order valence-corrected chi connectivity index (χ0v) is 15.3. The number of carbonyl (C=O) groups excluding carboxylic acids is 1. The average Bonchev–Trinajstić information content (AvgIpc) is 3.18. The first-order valence-electron chi connectivity index (χ1n) is 9.15. The third-order valence-electron chi connectivity index (χ3n) is 4.92. The first kappa shape index (κ1) is 18.3. The number of ether oxygens (including phenoxy) is 1. The number of anilines is 1. The number of amides is 1. The second-order valence-electron chi connectivity index (χ2n) is 6.72. The van der Waals surface area contributed by atoms with Gasteiger partial charge in [0.2, 0.25) is 5.91 Å². The third-order valence-corrected chi connectivity index (χ3v) is 4.92. The van der Waals surface area contributed by atoms with Crippen LogP contribution in [0.5, 0.6) is 5.75 Å². The van der Waals surface area contributed by atoms with Crippen LogP contribution < -0.4 is 15.8 Å². The molecule has 3 N–H and O–H groups in total. The molecule has 1 aliphatic rings. The summed E-state index contributed by atoms with van der Waals surface area (Å²) < 4.78 is 5.55. The van der Waals surface area contributed by atoms with Gasteiger partial charge in [-0.15, -0.1) is 0 Å². The van der Waals surface area contributed by atoms with E-state index in [9.17, 15) is 4.79 Å². The van der Waals surface area contributed by atoms with Gasteiger partial charge in [0.05, 0.1) is 19.6 Å². The van der Waals surface area contributed by atoms with Crippen LogP contribution >= 0.6 is 0 Å². The minimum atomic E-state index is 0.0221. The van der Waals surface area contributed by atoms with Gasteiger partial charge in [0.25, 0.3) is 0 Å². The van der Waals surface area contributed by atoms with Gasteiger partial charge in [-0.3, -0.25) is 9.69 Å². The fourth-order valence-corrected chi connectivity index (χ4v) is 3.52. The Morgan fingerprint density at radius 2 is 1.85 bits per heavy atom. The number of benzene rings is 2. The Bertz CT molecular complexity index is 724. The highest BCUT2D eigenvalue weighted by Crippen LogP contribution is 2.31. The van der Waals surface area contributed by atoms with Gasteiger partial charge in [0.15, 0.2) is 0 Å². The topological polar surface area (TPSA) is 67.6 Å². The number of rotatable bonds is 7. The molecule has 138 valence electrons. The van der Waals surface area contributed by atoms with E-state index >= 15 is 0 Å². The van der Waals surface area contributed by atoms with Gasteiger partial charge >= 0.3 is 0 Å². The maximum Gasteiger partial charge on any atom is 0.224 e. The Labute approximate surface area is 155 Å². The highest BCUT2D eigenvalue weighted by atomic mass is 16.5. The van der Waals surface area contributed by atoms with Gasteiger partial charge in [0.1, 0.15) is 5.75 Å². The molecule has 1 heterocycles. The fraction of sp³-hybridized carbons (Fsp3) is 0.381. The van der Waals surface area contributed by atoms with Crippen molar-refractivity contribution in [2.24, 2.45) is 0 Å². The molecule has 0 bridgehead atoms. The zero-order valence-electron chi connectivity index (χ0n) is 15.3. The SMILES string of the molecule is COc1ccccc1C(CNC(=O)Cc1ccc(N)cc1)N1CCCC1. The molecule has 0 spiro atoms.